The van der Waals surface area contributed by atoms with Crippen LogP contribution >= 0.6 is 66.8 Å². The highest BCUT2D eigenvalue weighted by atomic mass is 79.9. The van der Waals surface area contributed by atoms with Gasteiger partial charge in [0.2, 0.25) is 0 Å². The van der Waals surface area contributed by atoms with Gasteiger partial charge in [0.1, 0.15) is 18.2 Å². The van der Waals surface area contributed by atoms with E-state index >= 15 is 0 Å². The molecule has 0 aromatic heterocycles. The maximum absolute atomic E-state index is 13.1. The molecule has 10 heteroatoms. The van der Waals surface area contributed by atoms with Crippen molar-refractivity contribution in [2.45, 2.75) is 13.2 Å². The lowest BCUT2D eigenvalue weighted by Gasteiger charge is -2.14. The smallest absolute Gasteiger partial charge is 0.293 e. The van der Waals surface area contributed by atoms with Gasteiger partial charge in [0.05, 0.1) is 20.4 Å². The zero-order chi connectivity index (χ0) is 24.4. The number of carbonyl (C=O) groups excluding carboxylic acids is 2. The van der Waals surface area contributed by atoms with Crippen LogP contribution in [-0.4, -0.2) is 16.0 Å². The number of hydrogen-bond donors (Lipinski definition) is 0. The fourth-order valence-electron chi connectivity index (χ4n) is 3.17. The summed E-state index contributed by atoms with van der Waals surface area (Å²) in [5, 5.41) is 0.379. The third kappa shape index (κ3) is 5.69. The van der Waals surface area contributed by atoms with Crippen molar-refractivity contribution in [1.29, 1.82) is 0 Å². The summed E-state index contributed by atoms with van der Waals surface area (Å²) in [5.41, 5.74) is 2.02. The second kappa shape index (κ2) is 10.8. The number of hydrogen-bond acceptors (Lipinski definition) is 4. The van der Waals surface area contributed by atoms with Crippen LogP contribution in [0.1, 0.15) is 16.7 Å². The molecule has 2 amide bonds. The van der Waals surface area contributed by atoms with E-state index in [0.29, 0.717) is 35.9 Å². The van der Waals surface area contributed by atoms with Gasteiger partial charge in [0.25, 0.3) is 11.1 Å². The maximum Gasteiger partial charge on any atom is 0.293 e. The van der Waals surface area contributed by atoms with Crippen LogP contribution < -0.4 is 4.74 Å². The van der Waals surface area contributed by atoms with E-state index in [9.17, 15) is 14.0 Å². The summed E-state index contributed by atoms with van der Waals surface area (Å²) in [6, 6.07) is 14.6. The van der Waals surface area contributed by atoms with E-state index in [4.69, 9.17) is 27.9 Å². The van der Waals surface area contributed by atoms with Gasteiger partial charge in [-0.2, -0.15) is 0 Å². The Morgan fingerprint density at radius 2 is 1.62 bits per heavy atom. The van der Waals surface area contributed by atoms with Gasteiger partial charge < -0.3 is 4.74 Å². The van der Waals surface area contributed by atoms with Gasteiger partial charge in [-0.25, -0.2) is 4.39 Å². The predicted molar refractivity (Wildman–Crippen MR) is 141 cm³/mol. The summed E-state index contributed by atoms with van der Waals surface area (Å²) in [6.45, 7) is 0.240. The van der Waals surface area contributed by atoms with E-state index in [2.05, 4.69) is 31.9 Å². The lowest BCUT2D eigenvalue weighted by Crippen LogP contribution is -2.27. The SMILES string of the molecule is O=C1S/C(=C/c2cc(Br)c(OCc3ccc(F)cc3)c(Br)c2)C(=O)N1Cc1c(Cl)cccc1Cl. The number of rotatable bonds is 6. The van der Waals surface area contributed by atoms with Crippen molar-refractivity contribution in [2.24, 2.45) is 0 Å². The molecular weight excluding hydrogens is 632 g/mol. The average Bonchev–Trinajstić information content (AvgIpc) is 3.04. The Hall–Kier alpha value is -1.84. The predicted octanol–water partition coefficient (Wildman–Crippen LogP) is 8.47. The second-order valence-corrected chi connectivity index (χ2v) is 10.7. The van der Waals surface area contributed by atoms with Gasteiger partial charge in [-0.05, 0) is 97.2 Å². The summed E-state index contributed by atoms with van der Waals surface area (Å²) in [4.78, 5) is 26.8. The van der Waals surface area contributed by atoms with Crippen LogP contribution in [0.2, 0.25) is 10.0 Å². The molecule has 4 nitrogen and oxygen atoms in total. The summed E-state index contributed by atoms with van der Waals surface area (Å²) >= 11 is 20.2. The Morgan fingerprint density at radius 1 is 1.00 bits per heavy atom. The Balaban J connectivity index is 1.51. The second-order valence-electron chi connectivity index (χ2n) is 7.20. The van der Waals surface area contributed by atoms with Crippen LogP contribution in [0, 0.1) is 5.82 Å². The minimum absolute atomic E-state index is 0.00986. The van der Waals surface area contributed by atoms with Gasteiger partial charge in [0, 0.05) is 15.6 Å². The molecule has 0 aliphatic carbocycles. The number of nitrogens with zero attached hydrogens (tertiary/aromatic N) is 1. The van der Waals surface area contributed by atoms with Gasteiger partial charge >= 0.3 is 0 Å². The van der Waals surface area contributed by atoms with Crippen molar-refractivity contribution in [3.63, 3.8) is 0 Å². The molecule has 0 radical (unpaired) electrons. The summed E-state index contributed by atoms with van der Waals surface area (Å²) in [6.07, 6.45) is 1.64. The molecule has 1 saturated heterocycles. The van der Waals surface area contributed by atoms with Crippen molar-refractivity contribution in [3.05, 3.63) is 101 Å². The summed E-state index contributed by atoms with van der Waals surface area (Å²) < 4.78 is 20.3. The Bertz CT molecular complexity index is 1270. The van der Waals surface area contributed by atoms with E-state index in [1.165, 1.54) is 12.1 Å². The van der Waals surface area contributed by atoms with Crippen LogP contribution in [0.25, 0.3) is 6.08 Å². The fourth-order valence-corrected chi connectivity index (χ4v) is 5.97. The first-order valence-electron chi connectivity index (χ1n) is 9.77. The monoisotopic (exact) mass is 643 g/mol. The molecule has 0 spiro atoms. The number of thioether (sulfide) groups is 1. The minimum atomic E-state index is -0.421. The zero-order valence-corrected chi connectivity index (χ0v) is 22.7. The Kier molecular flexibility index (Phi) is 8.05. The van der Waals surface area contributed by atoms with Crippen molar-refractivity contribution in [1.82, 2.24) is 4.90 Å². The lowest BCUT2D eigenvalue weighted by molar-refractivity contribution is -0.123. The standard InChI is InChI=1S/C24H14Br2Cl2FNO3S/c25-17-8-14(9-18(26)22(17)33-12-13-4-6-15(29)7-5-13)10-21-23(31)30(24(32)34-21)11-16-19(27)2-1-3-20(16)28/h1-10H,11-12H2/b21-10+. The van der Waals surface area contributed by atoms with E-state index < -0.39 is 11.1 Å². The molecule has 0 atom stereocenters. The third-order valence-corrected chi connectivity index (χ3v) is 7.66. The molecule has 4 rings (SSSR count). The number of benzene rings is 3. The minimum Gasteiger partial charge on any atom is -0.487 e. The zero-order valence-electron chi connectivity index (χ0n) is 17.2. The first kappa shape index (κ1) is 25.3. The van der Waals surface area contributed by atoms with Gasteiger partial charge in [-0.1, -0.05) is 41.4 Å². The molecule has 0 bridgehead atoms. The van der Waals surface area contributed by atoms with Crippen molar-refractivity contribution >= 4 is 84.0 Å². The van der Waals surface area contributed by atoms with Gasteiger partial charge in [-0.3, -0.25) is 14.5 Å². The molecule has 0 saturated carbocycles. The third-order valence-electron chi connectivity index (χ3n) is 4.87. The number of amides is 2. The Morgan fingerprint density at radius 3 is 2.24 bits per heavy atom. The number of ether oxygens (including phenoxy) is 1. The molecule has 1 aliphatic heterocycles. The van der Waals surface area contributed by atoms with Crippen LogP contribution in [-0.2, 0) is 17.9 Å². The normalized spacial score (nSPS) is 14.9. The van der Waals surface area contributed by atoms with E-state index in [1.54, 1.807) is 48.5 Å². The quantitative estimate of drug-likeness (QED) is 0.252. The van der Waals surface area contributed by atoms with Crippen LogP contribution in [0.3, 0.4) is 0 Å². The number of imide groups is 1. The molecule has 1 fully saturated rings. The highest BCUT2D eigenvalue weighted by molar-refractivity contribution is 9.11. The van der Waals surface area contributed by atoms with Crippen molar-refractivity contribution in [3.8, 4) is 5.75 Å². The van der Waals surface area contributed by atoms with Crippen LogP contribution in [0.4, 0.5) is 9.18 Å². The molecular formula is C24H14Br2Cl2FNO3S. The molecule has 1 heterocycles. The largest absolute Gasteiger partial charge is 0.487 e. The topological polar surface area (TPSA) is 46.6 Å². The molecule has 174 valence electrons. The molecule has 1 aliphatic rings. The van der Waals surface area contributed by atoms with E-state index in [0.717, 1.165) is 22.2 Å². The maximum atomic E-state index is 13.1. The summed E-state index contributed by atoms with van der Waals surface area (Å²) in [5.74, 6) is -0.173. The van der Waals surface area contributed by atoms with Crippen molar-refractivity contribution < 1.29 is 18.7 Å². The highest BCUT2D eigenvalue weighted by Gasteiger charge is 2.35. The van der Waals surface area contributed by atoms with Crippen LogP contribution in [0.15, 0.2) is 68.4 Å². The van der Waals surface area contributed by atoms with Gasteiger partial charge in [0.15, 0.2) is 0 Å². The molecule has 0 N–H and O–H groups in total. The first-order chi connectivity index (χ1) is 16.2. The lowest BCUT2D eigenvalue weighted by atomic mass is 10.2. The van der Waals surface area contributed by atoms with Crippen LogP contribution in [0.5, 0.6) is 5.75 Å². The summed E-state index contributed by atoms with van der Waals surface area (Å²) in [7, 11) is 0. The number of carbonyl (C=O) groups is 2. The Labute approximate surface area is 226 Å². The van der Waals surface area contributed by atoms with E-state index in [-0.39, 0.29) is 23.9 Å². The first-order valence-corrected chi connectivity index (χ1v) is 12.9. The molecule has 3 aromatic rings. The van der Waals surface area contributed by atoms with Gasteiger partial charge in [-0.15, -0.1) is 0 Å². The molecule has 3 aromatic carbocycles. The fraction of sp³-hybridized carbons (Fsp3) is 0.0833. The number of halogens is 5. The van der Waals surface area contributed by atoms with Crippen molar-refractivity contribution in [2.75, 3.05) is 0 Å². The average molecular weight is 646 g/mol. The highest BCUT2D eigenvalue weighted by Crippen LogP contribution is 2.39. The van der Waals surface area contributed by atoms with E-state index in [1.807, 2.05) is 0 Å². The molecule has 34 heavy (non-hydrogen) atoms. The molecule has 0 unspecified atom stereocenters.